The van der Waals surface area contributed by atoms with Crippen molar-refractivity contribution in [1.82, 2.24) is 9.80 Å². The number of nitrogens with two attached hydrogens (primary N) is 1. The molecule has 1 aliphatic heterocycles. The van der Waals surface area contributed by atoms with Crippen molar-refractivity contribution >= 4 is 17.3 Å². The Morgan fingerprint density at radius 2 is 1.71 bits per heavy atom. The first-order chi connectivity index (χ1) is 14.6. The third kappa shape index (κ3) is 5.31. The predicted molar refractivity (Wildman–Crippen MR) is 108 cm³/mol. The van der Waals surface area contributed by atoms with Crippen molar-refractivity contribution in [2.24, 2.45) is 0 Å². The first kappa shape index (κ1) is 23.0. The molecule has 3 N–H and O–H groups in total. The Morgan fingerprint density at radius 3 is 2.32 bits per heavy atom. The van der Waals surface area contributed by atoms with Crippen LogP contribution in [-0.2, 0) is 12.7 Å². The van der Waals surface area contributed by atoms with E-state index in [1.165, 1.54) is 12.1 Å². The van der Waals surface area contributed by atoms with Gasteiger partial charge >= 0.3 is 6.18 Å². The Labute approximate surface area is 176 Å². The molecule has 1 aliphatic rings. The van der Waals surface area contributed by atoms with Gasteiger partial charge in [0.15, 0.2) is 5.82 Å². The summed E-state index contributed by atoms with van der Waals surface area (Å²) in [6, 6.07) is 5.08. The van der Waals surface area contributed by atoms with Crippen LogP contribution in [0.15, 0.2) is 30.3 Å². The smallest absolute Gasteiger partial charge is 0.394 e. The summed E-state index contributed by atoms with van der Waals surface area (Å²) in [7, 11) is 0. The number of carbonyl (C=O) groups excluding carboxylic acids is 1. The molecule has 168 valence electrons. The molecule has 0 aliphatic carbocycles. The molecule has 1 fully saturated rings. The number of halogens is 5. The number of hydrogen-bond acceptors (Lipinski definition) is 4. The Bertz CT molecular complexity index is 956. The minimum Gasteiger partial charge on any atom is -0.394 e. The fourth-order valence-corrected chi connectivity index (χ4v) is 3.48. The van der Waals surface area contributed by atoms with Crippen molar-refractivity contribution in [3.05, 3.63) is 58.7 Å². The van der Waals surface area contributed by atoms with Gasteiger partial charge in [0.1, 0.15) is 11.5 Å². The van der Waals surface area contributed by atoms with Crippen molar-refractivity contribution in [3.63, 3.8) is 0 Å². The molecule has 0 unspecified atom stereocenters. The molecule has 0 spiro atoms. The van der Waals surface area contributed by atoms with E-state index in [9.17, 15) is 26.7 Å². The highest BCUT2D eigenvalue weighted by Gasteiger charge is 2.34. The highest BCUT2D eigenvalue weighted by atomic mass is 19.4. The summed E-state index contributed by atoms with van der Waals surface area (Å²) in [4.78, 5) is 16.6. The van der Waals surface area contributed by atoms with Crippen LogP contribution >= 0.6 is 0 Å². The molecule has 2 aromatic carbocycles. The first-order valence-corrected chi connectivity index (χ1v) is 9.79. The largest absolute Gasteiger partial charge is 0.416 e. The van der Waals surface area contributed by atoms with Crippen LogP contribution in [-0.4, -0.2) is 48.4 Å². The number of likely N-dealkylation sites (N-methyl/N-ethyl adjacent to an activating group) is 1. The first-order valence-electron chi connectivity index (χ1n) is 9.79. The van der Waals surface area contributed by atoms with Gasteiger partial charge in [-0.25, -0.2) is 8.78 Å². The molecular weight excluding hydrogens is 419 g/mol. The van der Waals surface area contributed by atoms with Crippen molar-refractivity contribution in [2.45, 2.75) is 19.6 Å². The maximum Gasteiger partial charge on any atom is 0.416 e. The lowest BCUT2D eigenvalue weighted by molar-refractivity contribution is -0.138. The van der Waals surface area contributed by atoms with Gasteiger partial charge in [-0.05, 0) is 36.4 Å². The van der Waals surface area contributed by atoms with E-state index in [0.29, 0.717) is 13.1 Å². The molecule has 0 saturated carbocycles. The maximum absolute atomic E-state index is 14.0. The molecule has 1 heterocycles. The topological polar surface area (TPSA) is 61.6 Å². The van der Waals surface area contributed by atoms with Gasteiger partial charge in [-0.15, -0.1) is 0 Å². The van der Waals surface area contributed by atoms with Gasteiger partial charge < -0.3 is 16.0 Å². The van der Waals surface area contributed by atoms with Crippen LogP contribution in [0.3, 0.4) is 0 Å². The van der Waals surface area contributed by atoms with Crippen LogP contribution in [0.5, 0.6) is 0 Å². The van der Waals surface area contributed by atoms with E-state index in [-0.39, 0.29) is 17.7 Å². The highest BCUT2D eigenvalue weighted by Crippen LogP contribution is 2.34. The van der Waals surface area contributed by atoms with E-state index in [1.807, 2.05) is 11.8 Å². The van der Waals surface area contributed by atoms with E-state index in [1.54, 1.807) is 0 Å². The average Bonchev–Trinajstić information content (AvgIpc) is 2.74. The lowest BCUT2D eigenvalue weighted by atomic mass is 10.0. The minimum atomic E-state index is -4.66. The second-order valence-electron chi connectivity index (χ2n) is 7.36. The van der Waals surface area contributed by atoms with Gasteiger partial charge in [0, 0.05) is 38.3 Å². The summed E-state index contributed by atoms with van der Waals surface area (Å²) in [5, 5.41) is 2.14. The van der Waals surface area contributed by atoms with Crippen LogP contribution < -0.4 is 11.1 Å². The van der Waals surface area contributed by atoms with Gasteiger partial charge in [-0.2, -0.15) is 13.2 Å². The van der Waals surface area contributed by atoms with E-state index in [4.69, 9.17) is 5.73 Å². The van der Waals surface area contributed by atoms with Crippen LogP contribution in [0.25, 0.3) is 0 Å². The van der Waals surface area contributed by atoms with Crippen molar-refractivity contribution in [3.8, 4) is 0 Å². The number of rotatable bonds is 5. The number of alkyl halides is 3. The molecule has 0 radical (unpaired) electrons. The number of nitrogens with zero attached hydrogens (tertiary/aromatic N) is 2. The summed E-state index contributed by atoms with van der Waals surface area (Å²) >= 11 is 0. The summed E-state index contributed by atoms with van der Waals surface area (Å²) in [5.74, 6) is -3.15. The van der Waals surface area contributed by atoms with E-state index in [0.717, 1.165) is 37.8 Å². The monoisotopic (exact) mass is 442 g/mol. The number of anilines is 2. The van der Waals surface area contributed by atoms with Crippen LogP contribution in [0.1, 0.15) is 28.4 Å². The minimum absolute atomic E-state index is 0.0613. The van der Waals surface area contributed by atoms with Crippen LogP contribution in [0.4, 0.5) is 33.3 Å². The number of piperazine rings is 1. The van der Waals surface area contributed by atoms with Gasteiger partial charge in [0.2, 0.25) is 0 Å². The van der Waals surface area contributed by atoms with Gasteiger partial charge in [0.05, 0.1) is 11.3 Å². The second-order valence-corrected chi connectivity index (χ2v) is 7.36. The molecule has 3 rings (SSSR count). The van der Waals surface area contributed by atoms with E-state index in [2.05, 4.69) is 10.2 Å². The molecular formula is C21H23F5N4O. The number of carbonyl (C=O) groups is 1. The quantitative estimate of drug-likeness (QED) is 0.544. The summed E-state index contributed by atoms with van der Waals surface area (Å²) in [6.07, 6.45) is -4.66. The van der Waals surface area contributed by atoms with Gasteiger partial charge in [-0.1, -0.05) is 13.0 Å². The Morgan fingerprint density at radius 1 is 1.06 bits per heavy atom. The normalized spacial score (nSPS) is 15.8. The third-order valence-electron chi connectivity index (χ3n) is 5.36. The zero-order valence-corrected chi connectivity index (χ0v) is 16.9. The second kappa shape index (κ2) is 9.19. The molecule has 2 aromatic rings. The lowest BCUT2D eigenvalue weighted by Gasteiger charge is -2.34. The Balaban J connectivity index is 1.81. The number of nitrogen functional groups attached to an aromatic ring is 1. The third-order valence-corrected chi connectivity index (χ3v) is 5.36. The summed E-state index contributed by atoms with van der Waals surface area (Å²) in [6.45, 7) is 5.91. The highest BCUT2D eigenvalue weighted by molar-refractivity contribution is 6.04. The average molecular weight is 442 g/mol. The summed E-state index contributed by atoms with van der Waals surface area (Å²) in [5.41, 5.74) is 2.89. The molecule has 5 nitrogen and oxygen atoms in total. The molecule has 0 aromatic heterocycles. The predicted octanol–water partition coefficient (Wildman–Crippen LogP) is 3.96. The molecule has 10 heteroatoms. The number of hydrogen-bond donors (Lipinski definition) is 2. The number of amides is 1. The van der Waals surface area contributed by atoms with Crippen LogP contribution in [0, 0.1) is 11.6 Å². The van der Waals surface area contributed by atoms with Crippen LogP contribution in [0.2, 0.25) is 0 Å². The number of nitrogens with one attached hydrogen (secondary N) is 1. The molecule has 0 atom stereocenters. The Hall–Kier alpha value is -2.72. The number of benzene rings is 2. The SMILES string of the molecule is CCN1CCN(Cc2ccc(C(=O)Nc3ccc(F)c(N)c3F)cc2C(F)(F)F)CC1. The van der Waals surface area contributed by atoms with E-state index < -0.39 is 40.7 Å². The van der Waals surface area contributed by atoms with Gasteiger partial charge in [0.25, 0.3) is 5.91 Å². The fourth-order valence-electron chi connectivity index (χ4n) is 3.48. The zero-order valence-electron chi connectivity index (χ0n) is 16.9. The molecule has 1 saturated heterocycles. The van der Waals surface area contributed by atoms with E-state index >= 15 is 0 Å². The Kier molecular flexibility index (Phi) is 6.80. The standard InChI is InChI=1S/C21H23F5N4O/c1-2-29-7-9-30(10-8-29)12-14-4-3-13(11-15(14)21(24,25)26)20(31)28-17-6-5-16(22)19(27)18(17)23/h3-6,11H,2,7-10,12,27H2,1H3,(H,28,31). The molecule has 1 amide bonds. The van der Waals surface area contributed by atoms with Crippen molar-refractivity contribution < 1.29 is 26.7 Å². The maximum atomic E-state index is 14.0. The molecule has 31 heavy (non-hydrogen) atoms. The van der Waals surface area contributed by atoms with Crippen molar-refractivity contribution in [1.29, 1.82) is 0 Å². The molecule has 0 bridgehead atoms. The zero-order chi connectivity index (χ0) is 22.8. The summed E-state index contributed by atoms with van der Waals surface area (Å²) < 4.78 is 68.3. The van der Waals surface area contributed by atoms with Crippen molar-refractivity contribution in [2.75, 3.05) is 43.8 Å². The van der Waals surface area contributed by atoms with Gasteiger partial charge in [-0.3, -0.25) is 9.69 Å². The lowest BCUT2D eigenvalue weighted by Crippen LogP contribution is -2.45. The fraction of sp³-hybridized carbons (Fsp3) is 0.381.